The van der Waals surface area contributed by atoms with Gasteiger partial charge in [-0.3, -0.25) is 4.79 Å². The van der Waals surface area contributed by atoms with Crippen molar-refractivity contribution in [1.82, 2.24) is 5.32 Å². The van der Waals surface area contributed by atoms with Gasteiger partial charge in [0.15, 0.2) is 0 Å². The van der Waals surface area contributed by atoms with E-state index in [9.17, 15) is 13.2 Å². The molecule has 1 aliphatic rings. The first kappa shape index (κ1) is 16.3. The molecule has 7 heteroatoms. The molecule has 2 rings (SSSR count). The summed E-state index contributed by atoms with van der Waals surface area (Å²) in [6.45, 7) is 5.47. The highest BCUT2D eigenvalue weighted by Gasteiger charge is 2.39. The largest absolute Gasteiger partial charge is 0.347 e. The van der Waals surface area contributed by atoms with Crippen molar-refractivity contribution in [2.45, 2.75) is 44.0 Å². The number of halogens is 1. The number of amides is 1. The van der Waals surface area contributed by atoms with E-state index in [-0.39, 0.29) is 26.9 Å². The maximum absolute atomic E-state index is 12.3. The molecule has 21 heavy (non-hydrogen) atoms. The summed E-state index contributed by atoms with van der Waals surface area (Å²) >= 11 is 6.02. The normalized spacial score (nSPS) is 15.9. The molecule has 5 nitrogen and oxygen atoms in total. The van der Waals surface area contributed by atoms with Crippen LogP contribution >= 0.6 is 11.6 Å². The standard InChI is InChI=1S/C14H19ClN2O3S/c1-8-11(15)6-9(7-12(8)21(16,19)20)13(18)17-14(2,3)10-4-5-10/h6-7,10H,4-5H2,1-3H3,(H,17,18)(H2,16,19,20). The van der Waals surface area contributed by atoms with E-state index in [1.54, 1.807) is 6.92 Å². The van der Waals surface area contributed by atoms with Crippen molar-refractivity contribution in [2.75, 3.05) is 0 Å². The summed E-state index contributed by atoms with van der Waals surface area (Å²) in [5.41, 5.74) is 0.219. The lowest BCUT2D eigenvalue weighted by molar-refractivity contribution is 0.0903. The summed E-state index contributed by atoms with van der Waals surface area (Å²) in [4.78, 5) is 12.2. The average molecular weight is 331 g/mol. The number of nitrogens with one attached hydrogen (secondary N) is 1. The first-order valence-electron chi connectivity index (χ1n) is 6.68. The van der Waals surface area contributed by atoms with Crippen LogP contribution in [0.2, 0.25) is 5.02 Å². The molecular formula is C14H19ClN2O3S. The van der Waals surface area contributed by atoms with E-state index >= 15 is 0 Å². The van der Waals surface area contributed by atoms with E-state index in [0.717, 1.165) is 12.8 Å². The third-order valence-electron chi connectivity index (χ3n) is 3.90. The first-order chi connectivity index (χ1) is 9.52. The summed E-state index contributed by atoms with van der Waals surface area (Å²) in [6.07, 6.45) is 2.18. The lowest BCUT2D eigenvalue weighted by atomic mass is 9.98. The molecule has 116 valence electrons. The lowest BCUT2D eigenvalue weighted by Gasteiger charge is -2.26. The average Bonchev–Trinajstić information content (AvgIpc) is 3.14. The fourth-order valence-corrected chi connectivity index (χ4v) is 3.46. The minimum atomic E-state index is -3.92. The number of primary sulfonamides is 1. The third kappa shape index (κ3) is 3.56. The van der Waals surface area contributed by atoms with Crippen LogP contribution < -0.4 is 10.5 Å². The van der Waals surface area contributed by atoms with Gasteiger partial charge in [0.1, 0.15) is 0 Å². The quantitative estimate of drug-likeness (QED) is 0.887. The number of sulfonamides is 1. The number of hydrogen-bond acceptors (Lipinski definition) is 3. The van der Waals surface area contributed by atoms with Gasteiger partial charge in [0.2, 0.25) is 10.0 Å². The molecule has 0 unspecified atom stereocenters. The second-order valence-electron chi connectivity index (χ2n) is 6.08. The van der Waals surface area contributed by atoms with Crippen molar-refractivity contribution < 1.29 is 13.2 Å². The van der Waals surface area contributed by atoms with Crippen LogP contribution in [0.15, 0.2) is 17.0 Å². The van der Waals surface area contributed by atoms with Crippen LogP contribution in [-0.2, 0) is 10.0 Å². The van der Waals surface area contributed by atoms with E-state index in [1.165, 1.54) is 12.1 Å². The number of rotatable bonds is 4. The highest BCUT2D eigenvalue weighted by Crippen LogP contribution is 2.39. The second-order valence-corrected chi connectivity index (χ2v) is 8.01. The summed E-state index contributed by atoms with van der Waals surface area (Å²) in [6, 6.07) is 2.73. The highest BCUT2D eigenvalue weighted by atomic mass is 35.5. The molecule has 0 saturated heterocycles. The van der Waals surface area contributed by atoms with Gasteiger partial charge in [-0.15, -0.1) is 0 Å². The van der Waals surface area contributed by atoms with Crippen LogP contribution in [0.3, 0.4) is 0 Å². The Hall–Kier alpha value is -1.11. The SMILES string of the molecule is Cc1c(Cl)cc(C(=O)NC(C)(C)C2CC2)cc1S(N)(=O)=O. The molecule has 3 N–H and O–H groups in total. The smallest absolute Gasteiger partial charge is 0.251 e. The fourth-order valence-electron chi connectivity index (χ4n) is 2.35. The maximum Gasteiger partial charge on any atom is 0.251 e. The molecule has 1 aromatic carbocycles. The molecule has 1 aliphatic carbocycles. The van der Waals surface area contributed by atoms with Gasteiger partial charge in [0, 0.05) is 16.1 Å². The van der Waals surface area contributed by atoms with Gasteiger partial charge in [-0.05, 0) is 57.2 Å². The number of carbonyl (C=O) groups is 1. The lowest BCUT2D eigenvalue weighted by Crippen LogP contribution is -2.45. The topological polar surface area (TPSA) is 89.3 Å². The molecule has 0 heterocycles. The van der Waals surface area contributed by atoms with Gasteiger partial charge in [-0.1, -0.05) is 11.6 Å². The van der Waals surface area contributed by atoms with Gasteiger partial charge < -0.3 is 5.32 Å². The van der Waals surface area contributed by atoms with Crippen molar-refractivity contribution in [1.29, 1.82) is 0 Å². The maximum atomic E-state index is 12.3. The number of carbonyl (C=O) groups excluding carboxylic acids is 1. The molecule has 0 aromatic heterocycles. The first-order valence-corrected chi connectivity index (χ1v) is 8.60. The second kappa shape index (κ2) is 5.26. The van der Waals surface area contributed by atoms with E-state index in [1.807, 2.05) is 13.8 Å². The molecule has 1 saturated carbocycles. The summed E-state index contributed by atoms with van der Waals surface area (Å²) in [5.74, 6) is 0.110. The van der Waals surface area contributed by atoms with E-state index in [0.29, 0.717) is 11.5 Å². The zero-order valence-electron chi connectivity index (χ0n) is 12.2. The van der Waals surface area contributed by atoms with E-state index in [4.69, 9.17) is 16.7 Å². The van der Waals surface area contributed by atoms with Gasteiger partial charge >= 0.3 is 0 Å². The Labute approximate surface area is 129 Å². The molecule has 0 spiro atoms. The fraction of sp³-hybridized carbons (Fsp3) is 0.500. The third-order valence-corrected chi connectivity index (χ3v) is 5.33. The van der Waals surface area contributed by atoms with Crippen molar-refractivity contribution >= 4 is 27.5 Å². The Bertz CT molecular complexity index is 694. The highest BCUT2D eigenvalue weighted by molar-refractivity contribution is 7.89. The zero-order valence-corrected chi connectivity index (χ0v) is 13.8. The Kier molecular flexibility index (Phi) is 4.08. The minimum absolute atomic E-state index is 0.121. The van der Waals surface area contributed by atoms with Crippen LogP contribution in [0.4, 0.5) is 0 Å². The van der Waals surface area contributed by atoms with Crippen LogP contribution in [-0.4, -0.2) is 19.9 Å². The number of benzene rings is 1. The van der Waals surface area contributed by atoms with Gasteiger partial charge in [0.05, 0.1) is 4.90 Å². The van der Waals surface area contributed by atoms with Crippen LogP contribution in [0.5, 0.6) is 0 Å². The van der Waals surface area contributed by atoms with Gasteiger partial charge in [0.25, 0.3) is 5.91 Å². The number of hydrogen-bond donors (Lipinski definition) is 2. The molecule has 1 amide bonds. The molecule has 1 aromatic rings. The molecule has 0 bridgehead atoms. The number of nitrogens with two attached hydrogens (primary N) is 1. The monoisotopic (exact) mass is 330 g/mol. The molecular weight excluding hydrogens is 312 g/mol. The zero-order chi connectivity index (χ0) is 16.0. The van der Waals surface area contributed by atoms with Crippen molar-refractivity contribution in [3.05, 3.63) is 28.3 Å². The van der Waals surface area contributed by atoms with Crippen molar-refractivity contribution in [3.63, 3.8) is 0 Å². The Balaban J connectivity index is 2.36. The van der Waals surface area contributed by atoms with Crippen molar-refractivity contribution in [2.24, 2.45) is 11.1 Å². The van der Waals surface area contributed by atoms with Crippen molar-refractivity contribution in [3.8, 4) is 0 Å². The van der Waals surface area contributed by atoms with E-state index in [2.05, 4.69) is 5.32 Å². The Morgan fingerprint density at radius 3 is 2.43 bits per heavy atom. The van der Waals surface area contributed by atoms with Gasteiger partial charge in [-0.2, -0.15) is 0 Å². The van der Waals surface area contributed by atoms with E-state index < -0.39 is 10.0 Å². The molecule has 0 radical (unpaired) electrons. The van der Waals surface area contributed by atoms with Crippen LogP contribution in [0.1, 0.15) is 42.6 Å². The predicted octanol–water partition coefficient (Wildman–Crippen LogP) is 2.21. The predicted molar refractivity (Wildman–Crippen MR) is 81.8 cm³/mol. The van der Waals surface area contributed by atoms with Crippen LogP contribution in [0, 0.1) is 12.8 Å². The molecule has 1 fully saturated rings. The summed E-state index contributed by atoms with van der Waals surface area (Å²) in [5, 5.41) is 8.29. The summed E-state index contributed by atoms with van der Waals surface area (Å²) < 4.78 is 23.1. The summed E-state index contributed by atoms with van der Waals surface area (Å²) in [7, 11) is -3.92. The van der Waals surface area contributed by atoms with Crippen LogP contribution in [0.25, 0.3) is 0 Å². The van der Waals surface area contributed by atoms with Gasteiger partial charge in [-0.25, -0.2) is 13.6 Å². The molecule has 0 atom stereocenters. The Morgan fingerprint density at radius 1 is 1.38 bits per heavy atom. The Morgan fingerprint density at radius 2 is 1.95 bits per heavy atom. The minimum Gasteiger partial charge on any atom is -0.347 e. The molecule has 0 aliphatic heterocycles.